The summed E-state index contributed by atoms with van der Waals surface area (Å²) in [6.07, 6.45) is 1.43. The maximum Gasteiger partial charge on any atom is 0.343 e. The first-order valence-corrected chi connectivity index (χ1v) is 13.2. The summed E-state index contributed by atoms with van der Waals surface area (Å²) in [4.78, 5) is 38.1. The van der Waals surface area contributed by atoms with Gasteiger partial charge in [-0.05, 0) is 85.3 Å². The van der Waals surface area contributed by atoms with Gasteiger partial charge in [-0.1, -0.05) is 12.1 Å². The lowest BCUT2D eigenvalue weighted by atomic mass is 10.1. The van der Waals surface area contributed by atoms with Crippen molar-refractivity contribution < 1.29 is 38.1 Å². The van der Waals surface area contributed by atoms with Crippen LogP contribution in [0.3, 0.4) is 0 Å². The quantitative estimate of drug-likeness (QED) is 0.115. The van der Waals surface area contributed by atoms with Gasteiger partial charge in [-0.3, -0.25) is 9.59 Å². The lowest BCUT2D eigenvalue weighted by Gasteiger charge is -2.11. The van der Waals surface area contributed by atoms with Gasteiger partial charge in [-0.15, -0.1) is 0 Å². The van der Waals surface area contributed by atoms with Crippen molar-refractivity contribution in [2.24, 2.45) is 5.10 Å². The second-order valence-electron chi connectivity index (χ2n) is 9.06. The number of nitrogens with zero attached hydrogens (tertiary/aromatic N) is 1. The van der Waals surface area contributed by atoms with Crippen molar-refractivity contribution in [1.82, 2.24) is 5.43 Å². The number of fused-ring (bicyclic) bond motifs is 1. The van der Waals surface area contributed by atoms with Gasteiger partial charge in [0.1, 0.15) is 5.75 Å². The maximum absolute atomic E-state index is 12.7. The Balaban J connectivity index is 1.21. The molecule has 0 unspecified atom stereocenters. The van der Waals surface area contributed by atoms with Gasteiger partial charge in [-0.2, -0.15) is 5.10 Å². The number of hydrogen-bond acceptors (Lipinski definition) is 9. The number of hydrazone groups is 1. The van der Waals surface area contributed by atoms with Gasteiger partial charge in [0.2, 0.25) is 6.79 Å². The molecule has 0 aromatic heterocycles. The fourth-order valence-corrected chi connectivity index (χ4v) is 4.08. The molecule has 0 saturated heterocycles. The fraction of sp³-hybridized carbons (Fsp3) is 0.125. The van der Waals surface area contributed by atoms with Gasteiger partial charge < -0.3 is 29.0 Å². The van der Waals surface area contributed by atoms with Crippen LogP contribution in [-0.4, -0.2) is 44.5 Å². The molecule has 0 saturated carbocycles. The van der Waals surface area contributed by atoms with E-state index in [1.54, 1.807) is 91.9 Å². The highest BCUT2D eigenvalue weighted by Crippen LogP contribution is 2.34. The molecule has 11 heteroatoms. The Bertz CT molecular complexity index is 1700. The molecule has 0 radical (unpaired) electrons. The lowest BCUT2D eigenvalue weighted by Crippen LogP contribution is -2.18. The van der Waals surface area contributed by atoms with Gasteiger partial charge >= 0.3 is 5.97 Å². The van der Waals surface area contributed by atoms with E-state index in [2.05, 4.69) is 15.8 Å². The second kappa shape index (κ2) is 13.2. The molecule has 4 aromatic rings. The summed E-state index contributed by atoms with van der Waals surface area (Å²) in [6, 6.07) is 22.9. The van der Waals surface area contributed by atoms with Crippen molar-refractivity contribution in [1.29, 1.82) is 0 Å². The van der Waals surface area contributed by atoms with Crippen molar-refractivity contribution >= 4 is 29.7 Å². The van der Waals surface area contributed by atoms with Crippen LogP contribution in [0.25, 0.3) is 0 Å². The second-order valence-corrected chi connectivity index (χ2v) is 9.06. The normalized spacial score (nSPS) is 11.6. The third-order valence-corrected chi connectivity index (χ3v) is 6.17. The first-order valence-electron chi connectivity index (χ1n) is 13.2. The van der Waals surface area contributed by atoms with Crippen LogP contribution < -0.4 is 34.4 Å². The highest BCUT2D eigenvalue weighted by molar-refractivity contribution is 6.05. The summed E-state index contributed by atoms with van der Waals surface area (Å²) in [5, 5.41) is 6.80. The molecular weight excluding hydrogens is 554 g/mol. The number of carbonyl (C=O) groups is 3. The predicted octanol–water partition coefficient (Wildman–Crippen LogP) is 5.06. The molecule has 0 aliphatic carbocycles. The van der Waals surface area contributed by atoms with Crippen molar-refractivity contribution in [3.63, 3.8) is 0 Å². The van der Waals surface area contributed by atoms with Crippen molar-refractivity contribution in [3.8, 4) is 28.7 Å². The molecule has 0 atom stereocenters. The van der Waals surface area contributed by atoms with E-state index < -0.39 is 11.9 Å². The van der Waals surface area contributed by atoms with Crippen LogP contribution >= 0.6 is 0 Å². The minimum atomic E-state index is -0.588. The van der Waals surface area contributed by atoms with E-state index in [1.165, 1.54) is 13.3 Å². The predicted molar refractivity (Wildman–Crippen MR) is 158 cm³/mol. The van der Waals surface area contributed by atoms with E-state index in [0.29, 0.717) is 57.5 Å². The Morgan fingerprint density at radius 3 is 2.44 bits per heavy atom. The zero-order valence-electron chi connectivity index (χ0n) is 23.3. The Morgan fingerprint density at radius 2 is 1.63 bits per heavy atom. The van der Waals surface area contributed by atoms with Crippen LogP contribution in [0.2, 0.25) is 0 Å². The van der Waals surface area contributed by atoms with Gasteiger partial charge in [0.05, 0.1) is 25.5 Å². The number of ether oxygens (including phenoxy) is 5. The van der Waals surface area contributed by atoms with Gasteiger partial charge in [0, 0.05) is 16.8 Å². The minimum Gasteiger partial charge on any atom is -0.497 e. The van der Waals surface area contributed by atoms with E-state index >= 15 is 0 Å². The number of hydrogen-bond donors (Lipinski definition) is 2. The molecule has 5 rings (SSSR count). The number of benzene rings is 4. The summed E-state index contributed by atoms with van der Waals surface area (Å²) in [5.41, 5.74) is 4.50. The minimum absolute atomic E-state index is 0.0987. The monoisotopic (exact) mass is 581 g/mol. The van der Waals surface area contributed by atoms with Crippen molar-refractivity contribution in [3.05, 3.63) is 107 Å². The number of amides is 2. The molecule has 4 aromatic carbocycles. The number of anilines is 1. The fourth-order valence-electron chi connectivity index (χ4n) is 4.08. The summed E-state index contributed by atoms with van der Waals surface area (Å²) < 4.78 is 27.0. The highest BCUT2D eigenvalue weighted by atomic mass is 16.7. The van der Waals surface area contributed by atoms with Gasteiger partial charge in [-0.25, -0.2) is 10.2 Å². The third kappa shape index (κ3) is 7.09. The summed E-state index contributed by atoms with van der Waals surface area (Å²) in [6.45, 7) is 2.23. The summed E-state index contributed by atoms with van der Waals surface area (Å²) in [7, 11) is 1.52. The molecule has 2 amide bonds. The van der Waals surface area contributed by atoms with E-state index in [0.717, 1.165) is 0 Å². The lowest BCUT2D eigenvalue weighted by molar-refractivity contribution is 0.0727. The summed E-state index contributed by atoms with van der Waals surface area (Å²) in [5.74, 6) is 0.727. The molecule has 0 bridgehead atoms. The molecule has 1 aliphatic heterocycles. The van der Waals surface area contributed by atoms with Crippen LogP contribution in [0.15, 0.2) is 90.0 Å². The number of esters is 1. The molecule has 218 valence electrons. The first-order chi connectivity index (χ1) is 20.9. The number of methoxy groups -OCH3 is 1. The SMILES string of the molecule is CCOc1cc(C=NNC(=O)c2cccc(NC(=O)c3cccc(OC)c3)c2)ccc1OC(=O)c1ccc2c(c1)OCO2. The Labute approximate surface area is 247 Å². The molecule has 0 spiro atoms. The largest absolute Gasteiger partial charge is 0.497 e. The number of nitrogens with one attached hydrogen (secondary N) is 2. The van der Waals surface area contributed by atoms with E-state index in [9.17, 15) is 14.4 Å². The standard InChI is InChI=1S/C32H27N3O8/c1-3-40-28-14-20(10-12-27(28)43-32(38)23-11-13-26-29(17-23)42-19-41-26)18-33-35-31(37)21-6-4-8-24(15-21)34-30(36)22-7-5-9-25(16-22)39-2/h4-18H,3,19H2,1-2H3,(H,34,36)(H,35,37). The van der Waals surface area contributed by atoms with Crippen LogP contribution in [0.4, 0.5) is 5.69 Å². The Hall–Kier alpha value is -5.84. The Morgan fingerprint density at radius 1 is 0.837 bits per heavy atom. The van der Waals surface area contributed by atoms with Gasteiger partial charge in [0.15, 0.2) is 23.0 Å². The van der Waals surface area contributed by atoms with Crippen LogP contribution in [0.5, 0.6) is 28.7 Å². The first kappa shape index (κ1) is 28.7. The zero-order valence-corrected chi connectivity index (χ0v) is 23.3. The molecule has 0 fully saturated rings. The zero-order chi connectivity index (χ0) is 30.2. The summed E-state index contributed by atoms with van der Waals surface area (Å²) >= 11 is 0. The van der Waals surface area contributed by atoms with Gasteiger partial charge in [0.25, 0.3) is 11.8 Å². The number of carbonyl (C=O) groups excluding carboxylic acids is 3. The topological polar surface area (TPSA) is 134 Å². The van der Waals surface area contributed by atoms with E-state index in [-0.39, 0.29) is 18.4 Å². The van der Waals surface area contributed by atoms with Crippen molar-refractivity contribution in [2.75, 3.05) is 25.8 Å². The third-order valence-electron chi connectivity index (χ3n) is 6.17. The molecule has 1 aliphatic rings. The highest BCUT2D eigenvalue weighted by Gasteiger charge is 2.19. The van der Waals surface area contributed by atoms with E-state index in [4.69, 9.17) is 23.7 Å². The van der Waals surface area contributed by atoms with Crippen LogP contribution in [-0.2, 0) is 0 Å². The maximum atomic E-state index is 12.7. The average molecular weight is 582 g/mol. The van der Waals surface area contributed by atoms with E-state index in [1.807, 2.05) is 0 Å². The van der Waals surface area contributed by atoms with Crippen LogP contribution in [0, 0.1) is 0 Å². The van der Waals surface area contributed by atoms with Crippen molar-refractivity contribution in [2.45, 2.75) is 6.92 Å². The Kier molecular flexibility index (Phi) is 8.81. The smallest absolute Gasteiger partial charge is 0.343 e. The molecule has 43 heavy (non-hydrogen) atoms. The molecule has 11 nitrogen and oxygen atoms in total. The number of rotatable bonds is 10. The molecule has 2 N–H and O–H groups in total. The van der Waals surface area contributed by atoms with Crippen LogP contribution in [0.1, 0.15) is 43.6 Å². The molecular formula is C32H27N3O8. The molecule has 1 heterocycles. The average Bonchev–Trinajstić information content (AvgIpc) is 3.50.